The van der Waals surface area contributed by atoms with E-state index in [-0.39, 0.29) is 17.8 Å². The molecule has 0 aliphatic heterocycles. The summed E-state index contributed by atoms with van der Waals surface area (Å²) in [5, 5.41) is 7.57. The van der Waals surface area contributed by atoms with E-state index in [0.717, 1.165) is 23.8 Å². The van der Waals surface area contributed by atoms with Gasteiger partial charge in [-0.2, -0.15) is 0 Å². The van der Waals surface area contributed by atoms with Crippen LogP contribution in [0.3, 0.4) is 0 Å². The van der Waals surface area contributed by atoms with Gasteiger partial charge in [0, 0.05) is 12.2 Å². The number of carbonyl (C=O) groups excluding carboxylic acids is 2. The van der Waals surface area contributed by atoms with E-state index in [1.807, 2.05) is 34.5 Å². The van der Waals surface area contributed by atoms with Crippen LogP contribution in [0.5, 0.6) is 0 Å². The van der Waals surface area contributed by atoms with Crippen molar-refractivity contribution >= 4 is 28.5 Å². The number of aliphatic hydroxyl groups is 1. The third kappa shape index (κ3) is 9.65. The Bertz CT molecular complexity index is 483. The maximum atomic E-state index is 12.3. The zero-order valence-corrected chi connectivity index (χ0v) is 20.8. The molecule has 0 saturated heterocycles. The minimum Gasteiger partial charge on any atom is -0.397 e. The van der Waals surface area contributed by atoms with Crippen LogP contribution in [0.1, 0.15) is 87.0 Å². The predicted octanol–water partition coefficient (Wildman–Crippen LogP) is 6.68. The molecular formula is C24H43BrO3. The summed E-state index contributed by atoms with van der Waals surface area (Å²) in [4.78, 5) is 20.3. The molecule has 2 rings (SSSR count). The van der Waals surface area contributed by atoms with E-state index in [1.54, 1.807) is 6.92 Å². The molecule has 0 radical (unpaired) electrons. The molecule has 0 aromatic carbocycles. The molecule has 3 nitrogen and oxygen atoms in total. The quantitative estimate of drug-likeness (QED) is 0.477. The third-order valence-corrected chi connectivity index (χ3v) is 5.92. The molecule has 28 heavy (non-hydrogen) atoms. The minimum atomic E-state index is -0.462. The first-order valence-corrected chi connectivity index (χ1v) is 11.5. The van der Waals surface area contributed by atoms with Gasteiger partial charge in [0.2, 0.25) is 0 Å². The van der Waals surface area contributed by atoms with Crippen LogP contribution in [-0.2, 0) is 9.59 Å². The van der Waals surface area contributed by atoms with Gasteiger partial charge in [-0.15, -0.1) is 0 Å². The molecule has 2 aliphatic rings. The molecule has 0 heterocycles. The fourth-order valence-corrected chi connectivity index (χ4v) is 4.02. The van der Waals surface area contributed by atoms with E-state index in [2.05, 4.69) is 48.0 Å². The fraction of sp³-hybridized carbons (Fsp3) is 0.750. The van der Waals surface area contributed by atoms with E-state index in [4.69, 9.17) is 9.90 Å². The molecule has 4 heteroatoms. The summed E-state index contributed by atoms with van der Waals surface area (Å²) >= 11 is 3.47. The number of hydrogen-bond donors (Lipinski definition) is 1. The van der Waals surface area contributed by atoms with Crippen molar-refractivity contribution in [2.45, 2.75) is 91.3 Å². The molecule has 0 aromatic rings. The van der Waals surface area contributed by atoms with Crippen LogP contribution in [0.25, 0.3) is 0 Å². The van der Waals surface area contributed by atoms with E-state index >= 15 is 0 Å². The first-order valence-electron chi connectivity index (χ1n) is 10.7. The number of allylic oxidation sites excluding steroid dienone is 4. The molecule has 1 N–H and O–H groups in total. The zero-order chi connectivity index (χ0) is 22.4. The molecular weight excluding hydrogens is 416 g/mol. The second-order valence-corrected chi connectivity index (χ2v) is 9.93. The predicted molar refractivity (Wildman–Crippen MR) is 125 cm³/mol. The molecule has 0 bridgehead atoms. The molecule has 0 aromatic heterocycles. The van der Waals surface area contributed by atoms with Gasteiger partial charge in [0.05, 0.1) is 4.32 Å². The molecule has 2 aliphatic carbocycles. The van der Waals surface area contributed by atoms with Crippen molar-refractivity contribution < 1.29 is 14.7 Å². The maximum absolute atomic E-state index is 12.3. The van der Waals surface area contributed by atoms with E-state index in [9.17, 15) is 4.79 Å². The largest absolute Gasteiger partial charge is 0.397 e. The molecule has 1 fully saturated rings. The average molecular weight is 460 g/mol. The van der Waals surface area contributed by atoms with Crippen LogP contribution < -0.4 is 0 Å². The molecule has 0 spiro atoms. The topological polar surface area (TPSA) is 54.4 Å². The molecule has 0 amide bonds. The second kappa shape index (κ2) is 15.1. The summed E-state index contributed by atoms with van der Waals surface area (Å²) in [6, 6.07) is 0. The first-order chi connectivity index (χ1) is 13.2. The van der Waals surface area contributed by atoms with Crippen LogP contribution in [0, 0.1) is 17.3 Å². The molecule has 1 saturated carbocycles. The number of alkyl halides is 1. The van der Waals surface area contributed by atoms with Gasteiger partial charge in [-0.1, -0.05) is 81.1 Å². The number of halogens is 1. The van der Waals surface area contributed by atoms with Gasteiger partial charge in [-0.25, -0.2) is 0 Å². The summed E-state index contributed by atoms with van der Waals surface area (Å²) in [6.45, 7) is 16.5. The summed E-state index contributed by atoms with van der Waals surface area (Å²) < 4.78 is -0.462. The summed E-state index contributed by atoms with van der Waals surface area (Å²) in [6.07, 6.45) is 14.4. The third-order valence-electron chi connectivity index (χ3n) is 5.56. The fourth-order valence-electron chi connectivity index (χ4n) is 3.79. The Morgan fingerprint density at radius 3 is 2.00 bits per heavy atom. The van der Waals surface area contributed by atoms with E-state index in [1.165, 1.54) is 32.1 Å². The molecule has 164 valence electrons. The number of carbonyl (C=O) groups is 2. The summed E-state index contributed by atoms with van der Waals surface area (Å²) in [7, 11) is 0. The number of hydrogen-bond acceptors (Lipinski definition) is 3. The van der Waals surface area contributed by atoms with Crippen molar-refractivity contribution in [1.82, 2.24) is 0 Å². The monoisotopic (exact) mass is 458 g/mol. The highest BCUT2D eigenvalue weighted by Crippen LogP contribution is 2.46. The van der Waals surface area contributed by atoms with Gasteiger partial charge in [0.25, 0.3) is 0 Å². The first kappa shape index (κ1) is 29.5. The van der Waals surface area contributed by atoms with Crippen molar-refractivity contribution in [1.29, 1.82) is 0 Å². The average Bonchev–Trinajstić information content (AvgIpc) is 2.71. The number of ketones is 1. The highest BCUT2D eigenvalue weighted by Gasteiger charge is 2.36. The highest BCUT2D eigenvalue weighted by atomic mass is 79.9. The van der Waals surface area contributed by atoms with Crippen LogP contribution in [0.2, 0.25) is 0 Å². The lowest BCUT2D eigenvalue weighted by Crippen LogP contribution is -2.32. The van der Waals surface area contributed by atoms with Crippen LogP contribution in [0.4, 0.5) is 0 Å². The van der Waals surface area contributed by atoms with E-state index < -0.39 is 4.32 Å². The lowest BCUT2D eigenvalue weighted by molar-refractivity contribution is -0.116. The van der Waals surface area contributed by atoms with Gasteiger partial charge < -0.3 is 9.90 Å². The maximum Gasteiger partial charge on any atom is 0.178 e. The van der Waals surface area contributed by atoms with Crippen molar-refractivity contribution in [3.63, 3.8) is 0 Å². The van der Waals surface area contributed by atoms with Gasteiger partial charge in [-0.3, -0.25) is 4.79 Å². The SMILES string of the molecule is C=O.CC.CCC1CCC(C2(C)C=CC(C(=O)C(C)(C)Br)=CC2)CC1.CCO. The van der Waals surface area contributed by atoms with Gasteiger partial charge in [0.15, 0.2) is 5.78 Å². The number of rotatable bonds is 4. The van der Waals surface area contributed by atoms with Crippen LogP contribution >= 0.6 is 15.9 Å². The van der Waals surface area contributed by atoms with Crippen molar-refractivity contribution in [2.24, 2.45) is 17.3 Å². The lowest BCUT2D eigenvalue weighted by Gasteiger charge is -2.41. The standard InChI is InChI=1S/C19H29BrO.C2H6O.C2H6.CH2O/c1-5-14-6-8-16(9-7-14)19(4)12-10-15(11-13-19)17(21)18(2,3)20;1-2-3;2*1-2/h10-12,14,16H,5-9,13H2,1-4H3;3H,2H2,1H3;1-2H3;1H2. The summed E-state index contributed by atoms with van der Waals surface area (Å²) in [5.41, 5.74) is 1.12. The van der Waals surface area contributed by atoms with Gasteiger partial charge >= 0.3 is 0 Å². The van der Waals surface area contributed by atoms with Crippen molar-refractivity contribution in [3.05, 3.63) is 23.8 Å². The van der Waals surface area contributed by atoms with Crippen molar-refractivity contribution in [3.8, 4) is 0 Å². The Hall–Kier alpha value is -0.740. The van der Waals surface area contributed by atoms with Gasteiger partial charge in [0.1, 0.15) is 6.79 Å². The van der Waals surface area contributed by atoms with Gasteiger partial charge in [-0.05, 0) is 57.3 Å². The minimum absolute atomic E-state index is 0.190. The van der Waals surface area contributed by atoms with Crippen LogP contribution in [0.15, 0.2) is 23.8 Å². The molecule has 1 atom stereocenters. The number of Topliss-reactive ketones (excluding diaryl/α,β-unsaturated/α-hetero) is 1. The van der Waals surface area contributed by atoms with E-state index in [0.29, 0.717) is 0 Å². The van der Waals surface area contributed by atoms with Crippen LogP contribution in [-0.4, -0.2) is 28.6 Å². The second-order valence-electron chi connectivity index (χ2n) is 7.95. The highest BCUT2D eigenvalue weighted by molar-refractivity contribution is 9.10. The zero-order valence-electron chi connectivity index (χ0n) is 19.2. The molecule has 1 unspecified atom stereocenters. The lowest BCUT2D eigenvalue weighted by atomic mass is 9.64. The number of aliphatic hydroxyl groups excluding tert-OH is 1. The Balaban J connectivity index is 0. The smallest absolute Gasteiger partial charge is 0.178 e. The Kier molecular flexibility index (Phi) is 15.9. The summed E-state index contributed by atoms with van der Waals surface area (Å²) in [5.74, 6) is 1.91. The normalized spacial score (nSPS) is 26.2. The Morgan fingerprint density at radius 2 is 1.68 bits per heavy atom. The Labute approximate surface area is 182 Å². The van der Waals surface area contributed by atoms with Crippen molar-refractivity contribution in [2.75, 3.05) is 6.61 Å². The Morgan fingerprint density at radius 1 is 1.21 bits per heavy atom.